The SMILES string of the molecule is COc1ccc(Cl)cc1C(=O)N[C@@H](C(=O)O)C(C)(C)C. The van der Waals surface area contributed by atoms with Gasteiger partial charge in [-0.1, -0.05) is 32.4 Å². The van der Waals surface area contributed by atoms with Crippen molar-refractivity contribution in [3.63, 3.8) is 0 Å². The third-order valence-electron chi connectivity index (χ3n) is 2.79. The van der Waals surface area contributed by atoms with Gasteiger partial charge in [0.25, 0.3) is 5.91 Å². The van der Waals surface area contributed by atoms with Crippen LogP contribution in [-0.4, -0.2) is 30.1 Å². The quantitative estimate of drug-likeness (QED) is 0.896. The van der Waals surface area contributed by atoms with Crippen molar-refractivity contribution in [3.05, 3.63) is 28.8 Å². The maximum Gasteiger partial charge on any atom is 0.326 e. The highest BCUT2D eigenvalue weighted by molar-refractivity contribution is 6.31. The number of methoxy groups -OCH3 is 1. The van der Waals surface area contributed by atoms with Crippen LogP contribution in [-0.2, 0) is 4.79 Å². The molecular formula is C14H18ClNO4. The van der Waals surface area contributed by atoms with E-state index < -0.39 is 23.3 Å². The van der Waals surface area contributed by atoms with Crippen LogP contribution in [0.1, 0.15) is 31.1 Å². The third-order valence-corrected chi connectivity index (χ3v) is 3.03. The molecular weight excluding hydrogens is 282 g/mol. The summed E-state index contributed by atoms with van der Waals surface area (Å²) >= 11 is 5.85. The van der Waals surface area contributed by atoms with Crippen molar-refractivity contribution in [1.82, 2.24) is 5.32 Å². The number of carboxylic acids is 1. The molecule has 1 aromatic carbocycles. The Kier molecular flexibility index (Phi) is 5.00. The second kappa shape index (κ2) is 6.13. The molecule has 0 saturated heterocycles. The third kappa shape index (κ3) is 3.87. The van der Waals surface area contributed by atoms with Crippen LogP contribution < -0.4 is 10.1 Å². The number of carbonyl (C=O) groups is 2. The largest absolute Gasteiger partial charge is 0.496 e. The van der Waals surface area contributed by atoms with Crippen molar-refractivity contribution in [2.45, 2.75) is 26.8 Å². The summed E-state index contributed by atoms with van der Waals surface area (Å²) in [6.07, 6.45) is 0. The summed E-state index contributed by atoms with van der Waals surface area (Å²) in [6, 6.07) is 3.58. The molecule has 0 fully saturated rings. The number of hydrogen-bond acceptors (Lipinski definition) is 3. The zero-order valence-corrected chi connectivity index (χ0v) is 12.6. The second-order valence-corrected chi connectivity index (χ2v) is 5.89. The number of ether oxygens (including phenoxy) is 1. The predicted octanol–water partition coefficient (Wildman–Crippen LogP) is 2.58. The number of aliphatic carboxylic acids is 1. The van der Waals surface area contributed by atoms with Crippen molar-refractivity contribution < 1.29 is 19.4 Å². The van der Waals surface area contributed by atoms with E-state index in [9.17, 15) is 14.7 Å². The molecule has 1 rings (SSSR count). The van der Waals surface area contributed by atoms with Crippen LogP contribution in [0, 0.1) is 5.41 Å². The molecule has 0 aliphatic rings. The van der Waals surface area contributed by atoms with E-state index in [0.717, 1.165) is 0 Å². The molecule has 0 aliphatic carbocycles. The lowest BCUT2D eigenvalue weighted by atomic mass is 9.86. The summed E-state index contributed by atoms with van der Waals surface area (Å²) in [4.78, 5) is 23.5. The smallest absolute Gasteiger partial charge is 0.326 e. The molecule has 0 radical (unpaired) electrons. The number of hydrogen-bond donors (Lipinski definition) is 2. The van der Waals surface area contributed by atoms with Gasteiger partial charge in [-0.2, -0.15) is 0 Å². The molecule has 6 heteroatoms. The maximum atomic E-state index is 12.2. The fourth-order valence-corrected chi connectivity index (χ4v) is 1.89. The van der Waals surface area contributed by atoms with Crippen LogP contribution in [0.25, 0.3) is 0 Å². The van der Waals surface area contributed by atoms with Crippen LogP contribution in [0.3, 0.4) is 0 Å². The van der Waals surface area contributed by atoms with Crippen LogP contribution in [0.5, 0.6) is 5.75 Å². The van der Waals surface area contributed by atoms with E-state index in [1.54, 1.807) is 32.9 Å². The number of carbonyl (C=O) groups excluding carboxylic acids is 1. The van der Waals surface area contributed by atoms with E-state index in [0.29, 0.717) is 10.8 Å². The minimum Gasteiger partial charge on any atom is -0.496 e. The van der Waals surface area contributed by atoms with Gasteiger partial charge in [-0.15, -0.1) is 0 Å². The van der Waals surface area contributed by atoms with E-state index in [4.69, 9.17) is 16.3 Å². The minimum absolute atomic E-state index is 0.204. The number of benzene rings is 1. The molecule has 0 aromatic heterocycles. The van der Waals surface area contributed by atoms with Gasteiger partial charge >= 0.3 is 5.97 Å². The first-order valence-corrected chi connectivity index (χ1v) is 6.42. The summed E-state index contributed by atoms with van der Waals surface area (Å²) in [5, 5.41) is 12.1. The standard InChI is InChI=1S/C14H18ClNO4/c1-14(2,3)11(13(18)19)16-12(17)9-7-8(15)5-6-10(9)20-4/h5-7,11H,1-4H3,(H,16,17)(H,18,19)/t11-/m0/s1. The Morgan fingerprint density at radius 3 is 2.40 bits per heavy atom. The summed E-state index contributed by atoms with van der Waals surface area (Å²) in [5.74, 6) is -1.29. The lowest BCUT2D eigenvalue weighted by molar-refractivity contribution is -0.142. The summed E-state index contributed by atoms with van der Waals surface area (Å²) in [6.45, 7) is 5.21. The van der Waals surface area contributed by atoms with Crippen LogP contribution in [0.4, 0.5) is 0 Å². The molecule has 0 heterocycles. The Bertz CT molecular complexity index is 522. The molecule has 0 unspecified atom stereocenters. The van der Waals surface area contributed by atoms with E-state index in [-0.39, 0.29) is 5.56 Å². The zero-order valence-electron chi connectivity index (χ0n) is 11.9. The number of rotatable bonds is 4. The zero-order chi connectivity index (χ0) is 15.5. The Morgan fingerprint density at radius 1 is 1.35 bits per heavy atom. The first-order valence-electron chi connectivity index (χ1n) is 6.04. The van der Waals surface area contributed by atoms with E-state index >= 15 is 0 Å². The van der Waals surface area contributed by atoms with Gasteiger partial charge in [0.05, 0.1) is 12.7 Å². The molecule has 5 nitrogen and oxygen atoms in total. The summed E-state index contributed by atoms with van der Waals surface area (Å²) < 4.78 is 5.08. The van der Waals surface area contributed by atoms with Crippen molar-refractivity contribution in [2.24, 2.45) is 5.41 Å². The highest BCUT2D eigenvalue weighted by Crippen LogP contribution is 2.24. The van der Waals surface area contributed by atoms with Gasteiger partial charge in [0.1, 0.15) is 11.8 Å². The molecule has 1 amide bonds. The minimum atomic E-state index is -1.09. The normalized spacial score (nSPS) is 12.7. The fourth-order valence-electron chi connectivity index (χ4n) is 1.72. The number of halogens is 1. The lowest BCUT2D eigenvalue weighted by Crippen LogP contribution is -2.49. The lowest BCUT2D eigenvalue weighted by Gasteiger charge is -2.28. The van der Waals surface area contributed by atoms with E-state index in [1.165, 1.54) is 13.2 Å². The number of amides is 1. The highest BCUT2D eigenvalue weighted by Gasteiger charge is 2.33. The molecule has 20 heavy (non-hydrogen) atoms. The second-order valence-electron chi connectivity index (χ2n) is 5.46. The van der Waals surface area contributed by atoms with Crippen molar-refractivity contribution >= 4 is 23.5 Å². The van der Waals surface area contributed by atoms with Gasteiger partial charge in [0.15, 0.2) is 0 Å². The Morgan fingerprint density at radius 2 is 1.95 bits per heavy atom. The number of nitrogens with one attached hydrogen (secondary N) is 1. The van der Waals surface area contributed by atoms with E-state index in [1.807, 2.05) is 0 Å². The van der Waals surface area contributed by atoms with Crippen molar-refractivity contribution in [1.29, 1.82) is 0 Å². The molecule has 1 atom stereocenters. The van der Waals surface area contributed by atoms with Gasteiger partial charge in [0, 0.05) is 5.02 Å². The van der Waals surface area contributed by atoms with Crippen molar-refractivity contribution in [2.75, 3.05) is 7.11 Å². The van der Waals surface area contributed by atoms with Gasteiger partial charge in [-0.05, 0) is 23.6 Å². The first-order chi connectivity index (χ1) is 9.16. The molecule has 0 saturated carbocycles. The van der Waals surface area contributed by atoms with Crippen molar-refractivity contribution in [3.8, 4) is 5.75 Å². The highest BCUT2D eigenvalue weighted by atomic mass is 35.5. The van der Waals surface area contributed by atoms with Crippen LogP contribution >= 0.6 is 11.6 Å². The Hall–Kier alpha value is -1.75. The average Bonchev–Trinajstić information content (AvgIpc) is 2.33. The molecule has 0 spiro atoms. The molecule has 110 valence electrons. The van der Waals surface area contributed by atoms with E-state index in [2.05, 4.69) is 5.32 Å². The molecule has 2 N–H and O–H groups in total. The first kappa shape index (κ1) is 16.3. The topological polar surface area (TPSA) is 75.6 Å². The summed E-state index contributed by atoms with van der Waals surface area (Å²) in [7, 11) is 1.43. The molecule has 0 aliphatic heterocycles. The van der Waals surface area contributed by atoms with Crippen LogP contribution in [0.15, 0.2) is 18.2 Å². The maximum absolute atomic E-state index is 12.2. The number of carboxylic acid groups (broad SMARTS) is 1. The Labute approximate surface area is 122 Å². The predicted molar refractivity (Wildman–Crippen MR) is 76.3 cm³/mol. The average molecular weight is 300 g/mol. The van der Waals surface area contributed by atoms with Crippen LogP contribution in [0.2, 0.25) is 5.02 Å². The van der Waals surface area contributed by atoms with Gasteiger partial charge < -0.3 is 15.2 Å². The fraction of sp³-hybridized carbons (Fsp3) is 0.429. The van der Waals surface area contributed by atoms with Gasteiger partial charge in [-0.3, -0.25) is 4.79 Å². The molecule has 1 aromatic rings. The monoisotopic (exact) mass is 299 g/mol. The van der Waals surface area contributed by atoms with Gasteiger partial charge in [0.2, 0.25) is 0 Å². The van der Waals surface area contributed by atoms with Gasteiger partial charge in [-0.25, -0.2) is 4.79 Å². The molecule has 0 bridgehead atoms. The Balaban J connectivity index is 3.07. The summed E-state index contributed by atoms with van der Waals surface area (Å²) in [5.41, 5.74) is -0.414.